The molecule has 2 atom stereocenters. The molecular weight excluding hydrogens is 298 g/mol. The highest BCUT2D eigenvalue weighted by molar-refractivity contribution is 5.40. The third-order valence-electron chi connectivity index (χ3n) is 5.38. The molecule has 1 heterocycles. The summed E-state index contributed by atoms with van der Waals surface area (Å²) in [5, 5.41) is 3.90. The minimum absolute atomic E-state index is 0.0288. The van der Waals surface area contributed by atoms with E-state index >= 15 is 0 Å². The van der Waals surface area contributed by atoms with Crippen LogP contribution in [0.25, 0.3) is 0 Å². The van der Waals surface area contributed by atoms with Crippen molar-refractivity contribution in [2.45, 2.75) is 50.3 Å². The Bertz CT molecular complexity index is 679. The normalized spacial score (nSPS) is 23.0. The summed E-state index contributed by atoms with van der Waals surface area (Å²) in [5.74, 6) is 1.70. The van der Waals surface area contributed by atoms with E-state index in [4.69, 9.17) is 9.47 Å². The number of hydrogen-bond donors (Lipinski definition) is 1. The van der Waals surface area contributed by atoms with Gasteiger partial charge in [0.1, 0.15) is 12.7 Å². The number of rotatable bonds is 4. The predicted molar refractivity (Wildman–Crippen MR) is 95.5 cm³/mol. The standard InChI is InChI=1S/C21H25NO2/c1-16(20-15-23-18-11-5-6-12-19(18)24-20)22-21(13-7-8-14-21)17-9-3-2-4-10-17/h2-6,9-12,16,20,22H,7-8,13-15H2,1H3/t16-,20+/m1/s1. The summed E-state index contributed by atoms with van der Waals surface area (Å²) < 4.78 is 12.1. The van der Waals surface area contributed by atoms with Gasteiger partial charge in [0, 0.05) is 11.6 Å². The highest BCUT2D eigenvalue weighted by atomic mass is 16.6. The number of ether oxygens (including phenoxy) is 2. The molecule has 1 aliphatic heterocycles. The van der Waals surface area contributed by atoms with Crippen LogP contribution in [0.5, 0.6) is 11.5 Å². The van der Waals surface area contributed by atoms with Gasteiger partial charge in [-0.1, -0.05) is 55.3 Å². The molecule has 0 unspecified atom stereocenters. The van der Waals surface area contributed by atoms with E-state index in [1.54, 1.807) is 0 Å². The molecule has 1 N–H and O–H groups in total. The van der Waals surface area contributed by atoms with Crippen LogP contribution in [0.15, 0.2) is 54.6 Å². The first-order valence-corrected chi connectivity index (χ1v) is 8.99. The maximum Gasteiger partial charge on any atom is 0.161 e. The first-order chi connectivity index (χ1) is 11.8. The molecule has 0 radical (unpaired) electrons. The van der Waals surface area contributed by atoms with E-state index < -0.39 is 0 Å². The molecule has 0 amide bonds. The van der Waals surface area contributed by atoms with E-state index in [2.05, 4.69) is 42.6 Å². The van der Waals surface area contributed by atoms with Gasteiger partial charge >= 0.3 is 0 Å². The molecule has 3 nitrogen and oxygen atoms in total. The van der Waals surface area contributed by atoms with Crippen LogP contribution >= 0.6 is 0 Å². The van der Waals surface area contributed by atoms with Gasteiger partial charge in [0.25, 0.3) is 0 Å². The van der Waals surface area contributed by atoms with Crippen LogP contribution in [0.3, 0.4) is 0 Å². The van der Waals surface area contributed by atoms with Crippen LogP contribution in [-0.2, 0) is 5.54 Å². The van der Waals surface area contributed by atoms with Crippen molar-refractivity contribution in [3.63, 3.8) is 0 Å². The number of hydrogen-bond acceptors (Lipinski definition) is 3. The van der Waals surface area contributed by atoms with Gasteiger partial charge in [0.2, 0.25) is 0 Å². The zero-order valence-electron chi connectivity index (χ0n) is 14.2. The monoisotopic (exact) mass is 323 g/mol. The average Bonchev–Trinajstić information content (AvgIpc) is 3.12. The van der Waals surface area contributed by atoms with Crippen LogP contribution in [0.1, 0.15) is 38.2 Å². The van der Waals surface area contributed by atoms with Crippen LogP contribution in [-0.4, -0.2) is 18.8 Å². The lowest BCUT2D eigenvalue weighted by Gasteiger charge is -2.38. The second-order valence-corrected chi connectivity index (χ2v) is 7.00. The molecular formula is C21H25NO2. The molecule has 2 aliphatic rings. The Morgan fingerprint density at radius 3 is 2.38 bits per heavy atom. The number of fused-ring (bicyclic) bond motifs is 1. The Kier molecular flexibility index (Phi) is 4.19. The van der Waals surface area contributed by atoms with E-state index in [-0.39, 0.29) is 17.7 Å². The summed E-state index contributed by atoms with van der Waals surface area (Å²) in [4.78, 5) is 0. The third-order valence-corrected chi connectivity index (χ3v) is 5.38. The van der Waals surface area contributed by atoms with E-state index in [9.17, 15) is 0 Å². The van der Waals surface area contributed by atoms with E-state index in [1.165, 1.54) is 31.2 Å². The molecule has 2 aromatic carbocycles. The van der Waals surface area contributed by atoms with Crippen LogP contribution in [0, 0.1) is 0 Å². The van der Waals surface area contributed by atoms with Crippen molar-refractivity contribution in [1.82, 2.24) is 5.32 Å². The minimum Gasteiger partial charge on any atom is -0.486 e. The molecule has 126 valence electrons. The zero-order chi connectivity index (χ0) is 16.4. The van der Waals surface area contributed by atoms with Gasteiger partial charge in [0.05, 0.1) is 0 Å². The van der Waals surface area contributed by atoms with Crippen molar-refractivity contribution in [3.05, 3.63) is 60.2 Å². The second kappa shape index (κ2) is 6.48. The van der Waals surface area contributed by atoms with E-state index in [0.29, 0.717) is 6.61 Å². The molecule has 0 aromatic heterocycles. The summed E-state index contributed by atoms with van der Waals surface area (Å²) >= 11 is 0. The van der Waals surface area contributed by atoms with Gasteiger partial charge in [-0.15, -0.1) is 0 Å². The van der Waals surface area contributed by atoms with Gasteiger partial charge < -0.3 is 14.8 Å². The molecule has 0 spiro atoms. The molecule has 0 bridgehead atoms. The van der Waals surface area contributed by atoms with Gasteiger partial charge in [-0.3, -0.25) is 0 Å². The molecule has 0 saturated heterocycles. The van der Waals surface area contributed by atoms with Crippen molar-refractivity contribution in [2.75, 3.05) is 6.61 Å². The maximum atomic E-state index is 6.20. The molecule has 4 rings (SSSR count). The Labute approximate surface area is 144 Å². The average molecular weight is 323 g/mol. The fraction of sp³-hybridized carbons (Fsp3) is 0.429. The van der Waals surface area contributed by atoms with Crippen molar-refractivity contribution >= 4 is 0 Å². The minimum atomic E-state index is 0.0288. The lowest BCUT2D eigenvalue weighted by Crippen LogP contribution is -2.53. The molecule has 2 aromatic rings. The Morgan fingerprint density at radius 1 is 0.958 bits per heavy atom. The third kappa shape index (κ3) is 2.89. The number of nitrogens with one attached hydrogen (secondary N) is 1. The van der Waals surface area contributed by atoms with E-state index in [1.807, 2.05) is 24.3 Å². The first kappa shape index (κ1) is 15.5. The Hall–Kier alpha value is -2.00. The highest BCUT2D eigenvalue weighted by Gasteiger charge is 2.39. The van der Waals surface area contributed by atoms with Gasteiger partial charge in [-0.25, -0.2) is 0 Å². The summed E-state index contributed by atoms with van der Waals surface area (Å²) in [6, 6.07) is 19.0. The molecule has 1 fully saturated rings. The molecule has 1 saturated carbocycles. The largest absolute Gasteiger partial charge is 0.486 e. The van der Waals surface area contributed by atoms with Crippen molar-refractivity contribution in [2.24, 2.45) is 0 Å². The fourth-order valence-corrected chi connectivity index (χ4v) is 4.06. The Morgan fingerprint density at radius 2 is 1.62 bits per heavy atom. The van der Waals surface area contributed by atoms with Crippen molar-refractivity contribution in [3.8, 4) is 11.5 Å². The molecule has 3 heteroatoms. The second-order valence-electron chi connectivity index (χ2n) is 7.00. The summed E-state index contributed by atoms with van der Waals surface area (Å²) in [5.41, 5.74) is 1.47. The zero-order valence-corrected chi connectivity index (χ0v) is 14.2. The predicted octanol–water partition coefficient (Wildman–Crippen LogP) is 4.27. The van der Waals surface area contributed by atoms with Crippen molar-refractivity contribution < 1.29 is 9.47 Å². The van der Waals surface area contributed by atoms with Gasteiger partial charge in [0.15, 0.2) is 11.5 Å². The van der Waals surface area contributed by atoms with Crippen molar-refractivity contribution in [1.29, 1.82) is 0 Å². The smallest absolute Gasteiger partial charge is 0.161 e. The molecule has 24 heavy (non-hydrogen) atoms. The van der Waals surface area contributed by atoms with Crippen LogP contribution in [0.2, 0.25) is 0 Å². The topological polar surface area (TPSA) is 30.5 Å². The van der Waals surface area contributed by atoms with E-state index in [0.717, 1.165) is 11.5 Å². The summed E-state index contributed by atoms with van der Waals surface area (Å²) in [6.45, 7) is 2.81. The van der Waals surface area contributed by atoms with Gasteiger partial charge in [-0.2, -0.15) is 0 Å². The molecule has 1 aliphatic carbocycles. The summed E-state index contributed by atoms with van der Waals surface area (Å²) in [6.07, 6.45) is 4.96. The Balaban J connectivity index is 1.51. The SMILES string of the molecule is C[C@@H](NC1(c2ccccc2)CCCC1)[C@@H]1COc2ccccc2O1. The lowest BCUT2D eigenvalue weighted by molar-refractivity contribution is 0.0553. The highest BCUT2D eigenvalue weighted by Crippen LogP contribution is 2.40. The quantitative estimate of drug-likeness (QED) is 0.911. The van der Waals surface area contributed by atoms with Crippen LogP contribution < -0.4 is 14.8 Å². The first-order valence-electron chi connectivity index (χ1n) is 8.99. The lowest BCUT2D eigenvalue weighted by atomic mass is 9.87. The van der Waals surface area contributed by atoms with Gasteiger partial charge in [-0.05, 0) is 37.5 Å². The fourth-order valence-electron chi connectivity index (χ4n) is 4.06. The maximum absolute atomic E-state index is 6.20. The number of benzene rings is 2. The summed E-state index contributed by atoms with van der Waals surface area (Å²) in [7, 11) is 0. The van der Waals surface area contributed by atoms with Crippen LogP contribution in [0.4, 0.5) is 0 Å². The number of para-hydroxylation sites is 2.